The van der Waals surface area contributed by atoms with E-state index in [1.807, 2.05) is 6.08 Å². The van der Waals surface area contributed by atoms with E-state index in [0.717, 1.165) is 32.1 Å². The van der Waals surface area contributed by atoms with Gasteiger partial charge in [0.05, 0.1) is 0 Å². The number of carbonyl (C=O) groups excluding carboxylic acids is 1. The van der Waals surface area contributed by atoms with E-state index in [2.05, 4.69) is 6.58 Å². The molecule has 0 radical (unpaired) electrons. The summed E-state index contributed by atoms with van der Waals surface area (Å²) in [4.78, 5) is 12.1. The van der Waals surface area contributed by atoms with Gasteiger partial charge >= 0.3 is 0 Å². The van der Waals surface area contributed by atoms with E-state index in [4.69, 9.17) is 5.73 Å². The average molecular weight is 209 g/mol. The third-order valence-corrected chi connectivity index (χ3v) is 3.62. The Balaban J connectivity index is 2.63. The van der Waals surface area contributed by atoms with Crippen LogP contribution in [0.25, 0.3) is 0 Å². The zero-order chi connectivity index (χ0) is 11.1. The van der Waals surface area contributed by atoms with Crippen molar-refractivity contribution in [2.75, 3.05) is 6.54 Å². The van der Waals surface area contributed by atoms with Crippen molar-refractivity contribution in [2.45, 2.75) is 51.4 Å². The molecule has 0 aliphatic heterocycles. The van der Waals surface area contributed by atoms with Gasteiger partial charge in [-0.05, 0) is 19.3 Å². The number of Topliss-reactive ketones (excluding diaryl/α,β-unsaturated/α-hetero) is 1. The first-order chi connectivity index (χ1) is 7.25. The summed E-state index contributed by atoms with van der Waals surface area (Å²) in [6.45, 7) is 4.19. The van der Waals surface area contributed by atoms with Crippen LogP contribution in [0.4, 0.5) is 0 Å². The fourth-order valence-electron chi connectivity index (χ4n) is 2.50. The lowest BCUT2D eigenvalue weighted by atomic mass is 9.75. The van der Waals surface area contributed by atoms with Gasteiger partial charge in [-0.25, -0.2) is 0 Å². The van der Waals surface area contributed by atoms with Crippen LogP contribution in [-0.4, -0.2) is 12.3 Å². The van der Waals surface area contributed by atoms with Gasteiger partial charge in [0.1, 0.15) is 5.78 Å². The van der Waals surface area contributed by atoms with Gasteiger partial charge in [-0.2, -0.15) is 0 Å². The molecule has 0 atom stereocenters. The summed E-state index contributed by atoms with van der Waals surface area (Å²) in [5, 5.41) is 0. The maximum Gasteiger partial charge on any atom is 0.140 e. The second kappa shape index (κ2) is 6.06. The molecule has 0 aromatic carbocycles. The highest BCUT2D eigenvalue weighted by Gasteiger charge is 2.35. The average Bonchev–Trinajstić information content (AvgIpc) is 2.52. The molecule has 2 nitrogen and oxygen atoms in total. The zero-order valence-corrected chi connectivity index (χ0v) is 9.63. The fraction of sp³-hybridized carbons (Fsp3) is 0.769. The molecule has 0 aromatic rings. The minimum absolute atomic E-state index is 0.195. The lowest BCUT2D eigenvalue weighted by Crippen LogP contribution is -2.38. The Morgan fingerprint density at radius 1 is 1.27 bits per heavy atom. The van der Waals surface area contributed by atoms with Crippen molar-refractivity contribution in [3.8, 4) is 0 Å². The normalized spacial score (nSPS) is 20.6. The smallest absolute Gasteiger partial charge is 0.140 e. The Kier molecular flexibility index (Phi) is 5.03. The summed E-state index contributed by atoms with van der Waals surface area (Å²) in [7, 11) is 0. The monoisotopic (exact) mass is 209 g/mol. The first-order valence-corrected chi connectivity index (χ1v) is 6.09. The van der Waals surface area contributed by atoms with Crippen molar-refractivity contribution < 1.29 is 4.79 Å². The molecule has 15 heavy (non-hydrogen) atoms. The van der Waals surface area contributed by atoms with Crippen LogP contribution in [0, 0.1) is 5.41 Å². The van der Waals surface area contributed by atoms with E-state index in [1.165, 1.54) is 12.8 Å². The number of rotatable bonds is 5. The molecule has 0 saturated heterocycles. The second-order valence-corrected chi connectivity index (χ2v) is 4.65. The number of carbonyl (C=O) groups is 1. The molecule has 86 valence electrons. The molecule has 0 heterocycles. The molecular weight excluding hydrogens is 186 g/mol. The molecule has 1 saturated carbocycles. The quantitative estimate of drug-likeness (QED) is 0.559. The molecule has 0 amide bonds. The Bertz CT molecular complexity index is 215. The van der Waals surface area contributed by atoms with Crippen LogP contribution in [0.1, 0.15) is 51.4 Å². The van der Waals surface area contributed by atoms with Crippen LogP contribution in [-0.2, 0) is 4.79 Å². The van der Waals surface area contributed by atoms with Crippen LogP contribution in [0.3, 0.4) is 0 Å². The predicted octanol–water partition coefficient (Wildman–Crippen LogP) is 2.82. The minimum Gasteiger partial charge on any atom is -0.329 e. The first kappa shape index (κ1) is 12.4. The van der Waals surface area contributed by atoms with Crippen LogP contribution >= 0.6 is 0 Å². The summed E-state index contributed by atoms with van der Waals surface area (Å²) in [6.07, 6.45) is 10.1. The molecule has 0 unspecified atom stereocenters. The van der Waals surface area contributed by atoms with Crippen LogP contribution in [0.2, 0.25) is 0 Å². The predicted molar refractivity (Wildman–Crippen MR) is 63.6 cm³/mol. The lowest BCUT2D eigenvalue weighted by Gasteiger charge is -2.29. The van der Waals surface area contributed by atoms with Gasteiger partial charge in [-0.1, -0.05) is 31.8 Å². The van der Waals surface area contributed by atoms with Crippen molar-refractivity contribution >= 4 is 5.78 Å². The first-order valence-electron chi connectivity index (χ1n) is 6.09. The van der Waals surface area contributed by atoms with E-state index >= 15 is 0 Å². The molecule has 0 spiro atoms. The molecule has 2 heteroatoms. The summed E-state index contributed by atoms with van der Waals surface area (Å²) in [5.41, 5.74) is 5.64. The van der Waals surface area contributed by atoms with Gasteiger partial charge in [0, 0.05) is 18.4 Å². The maximum atomic E-state index is 12.1. The third kappa shape index (κ3) is 3.16. The standard InChI is InChI=1S/C13H23NO/c1-2-3-8-12(15)13(11-14)9-6-4-5-7-10-13/h2H,1,3-11,14H2. The van der Waals surface area contributed by atoms with Crippen LogP contribution in [0.15, 0.2) is 12.7 Å². The van der Waals surface area contributed by atoms with Gasteiger partial charge in [0.2, 0.25) is 0 Å². The van der Waals surface area contributed by atoms with E-state index < -0.39 is 0 Å². The van der Waals surface area contributed by atoms with Gasteiger partial charge < -0.3 is 5.73 Å². The maximum absolute atomic E-state index is 12.1. The van der Waals surface area contributed by atoms with Crippen molar-refractivity contribution in [3.05, 3.63) is 12.7 Å². The minimum atomic E-state index is -0.195. The molecule has 1 rings (SSSR count). The molecule has 2 N–H and O–H groups in total. The van der Waals surface area contributed by atoms with Crippen LogP contribution in [0.5, 0.6) is 0 Å². The number of hydrogen-bond donors (Lipinski definition) is 1. The highest BCUT2D eigenvalue weighted by atomic mass is 16.1. The van der Waals surface area contributed by atoms with Crippen LogP contribution < -0.4 is 5.73 Å². The Morgan fingerprint density at radius 2 is 1.87 bits per heavy atom. The molecule has 1 aliphatic carbocycles. The molecule has 1 aliphatic rings. The lowest BCUT2D eigenvalue weighted by molar-refractivity contribution is -0.129. The Labute approximate surface area is 92.9 Å². The molecular formula is C13H23NO. The number of hydrogen-bond acceptors (Lipinski definition) is 2. The highest BCUT2D eigenvalue weighted by molar-refractivity contribution is 5.85. The van der Waals surface area contributed by atoms with E-state index in [9.17, 15) is 4.79 Å². The summed E-state index contributed by atoms with van der Waals surface area (Å²) >= 11 is 0. The van der Waals surface area contributed by atoms with E-state index in [1.54, 1.807) is 0 Å². The second-order valence-electron chi connectivity index (χ2n) is 4.65. The zero-order valence-electron chi connectivity index (χ0n) is 9.63. The molecule has 0 bridgehead atoms. The Morgan fingerprint density at radius 3 is 2.33 bits per heavy atom. The SMILES string of the molecule is C=CCCC(=O)C1(CN)CCCCCC1. The number of allylic oxidation sites excluding steroid dienone is 1. The van der Waals surface area contributed by atoms with Gasteiger partial charge in [-0.15, -0.1) is 6.58 Å². The summed E-state index contributed by atoms with van der Waals surface area (Å²) in [6, 6.07) is 0. The van der Waals surface area contributed by atoms with Gasteiger partial charge in [-0.3, -0.25) is 4.79 Å². The number of ketones is 1. The van der Waals surface area contributed by atoms with Crippen molar-refractivity contribution in [1.29, 1.82) is 0 Å². The van der Waals surface area contributed by atoms with Crippen molar-refractivity contribution in [3.63, 3.8) is 0 Å². The summed E-state index contributed by atoms with van der Waals surface area (Å²) in [5.74, 6) is 0.367. The molecule has 1 fully saturated rings. The van der Waals surface area contributed by atoms with Gasteiger partial charge in [0.25, 0.3) is 0 Å². The fourth-order valence-corrected chi connectivity index (χ4v) is 2.50. The highest BCUT2D eigenvalue weighted by Crippen LogP contribution is 2.36. The topological polar surface area (TPSA) is 43.1 Å². The molecule has 0 aromatic heterocycles. The summed E-state index contributed by atoms with van der Waals surface area (Å²) < 4.78 is 0. The van der Waals surface area contributed by atoms with Gasteiger partial charge in [0.15, 0.2) is 0 Å². The van der Waals surface area contributed by atoms with E-state index in [-0.39, 0.29) is 5.41 Å². The van der Waals surface area contributed by atoms with Crippen molar-refractivity contribution in [1.82, 2.24) is 0 Å². The number of nitrogens with two attached hydrogens (primary N) is 1. The largest absolute Gasteiger partial charge is 0.329 e. The Hall–Kier alpha value is -0.630. The van der Waals surface area contributed by atoms with Crippen molar-refractivity contribution in [2.24, 2.45) is 11.1 Å². The third-order valence-electron chi connectivity index (χ3n) is 3.62. The van der Waals surface area contributed by atoms with E-state index in [0.29, 0.717) is 18.7 Å².